The maximum Gasteiger partial charge on any atom is 0.208 e. The molecule has 0 aliphatic rings. The molecule has 0 saturated carbocycles. The zero-order chi connectivity index (χ0) is 18.1. The van der Waals surface area contributed by atoms with Crippen molar-refractivity contribution < 1.29 is 24.5 Å². The fourth-order valence-corrected chi connectivity index (χ4v) is 2.71. The predicted octanol–water partition coefficient (Wildman–Crippen LogP) is 1.66. The highest BCUT2D eigenvalue weighted by Crippen LogP contribution is 2.32. The van der Waals surface area contributed by atoms with Gasteiger partial charge in [0.15, 0.2) is 0 Å². The molecule has 0 saturated heterocycles. The maximum absolute atomic E-state index is 12.6. The number of aliphatic hydroxyl groups excluding tert-OH is 1. The largest absolute Gasteiger partial charge is 0.507 e. The van der Waals surface area contributed by atoms with Crippen LogP contribution >= 0.6 is 0 Å². The van der Waals surface area contributed by atoms with E-state index in [1.165, 1.54) is 18.2 Å². The van der Waals surface area contributed by atoms with Gasteiger partial charge in [-0.3, -0.25) is 4.79 Å². The summed E-state index contributed by atoms with van der Waals surface area (Å²) in [7, 11) is 3.67. The zero-order valence-electron chi connectivity index (χ0n) is 13.9. The first-order valence-electron chi connectivity index (χ1n) is 7.74. The zero-order valence-corrected chi connectivity index (χ0v) is 13.9. The number of rotatable bonds is 5. The van der Waals surface area contributed by atoms with Gasteiger partial charge >= 0.3 is 0 Å². The molecule has 3 N–H and O–H groups in total. The summed E-state index contributed by atoms with van der Waals surface area (Å²) < 4.78 is 11.1. The van der Waals surface area contributed by atoms with Crippen molar-refractivity contribution in [2.45, 2.75) is 6.10 Å². The quantitative estimate of drug-likeness (QED) is 0.604. The van der Waals surface area contributed by atoms with Crippen LogP contribution in [-0.4, -0.2) is 53.6 Å². The third-order valence-corrected chi connectivity index (χ3v) is 3.75. The molecule has 0 radical (unpaired) electrons. The fourth-order valence-electron chi connectivity index (χ4n) is 2.71. The van der Waals surface area contributed by atoms with Crippen LogP contribution in [0, 0.1) is 0 Å². The predicted molar refractivity (Wildman–Crippen MR) is 93.4 cm³/mol. The number of aliphatic hydroxyl groups is 1. The van der Waals surface area contributed by atoms with E-state index in [1.807, 2.05) is 19.0 Å². The Morgan fingerprint density at radius 1 is 1.12 bits per heavy atom. The molecule has 0 fully saturated rings. The van der Waals surface area contributed by atoms with Crippen LogP contribution in [0.5, 0.6) is 17.2 Å². The molecular formula is C18H19NO6. The molecule has 1 unspecified atom stereocenters. The summed E-state index contributed by atoms with van der Waals surface area (Å²) in [6.45, 7) is 0.459. The summed E-state index contributed by atoms with van der Waals surface area (Å²) in [6.07, 6.45) is -0.701. The number of hydrogen-bond donors (Lipinski definition) is 3. The third kappa shape index (κ3) is 3.38. The Labute approximate surface area is 143 Å². The van der Waals surface area contributed by atoms with Gasteiger partial charge in [-0.2, -0.15) is 0 Å². The minimum Gasteiger partial charge on any atom is -0.507 e. The van der Waals surface area contributed by atoms with Gasteiger partial charge in [0, 0.05) is 18.7 Å². The van der Waals surface area contributed by atoms with E-state index in [4.69, 9.17) is 9.15 Å². The molecule has 0 amide bonds. The highest BCUT2D eigenvalue weighted by molar-refractivity contribution is 5.96. The van der Waals surface area contributed by atoms with Crippen molar-refractivity contribution in [1.82, 2.24) is 4.90 Å². The lowest BCUT2D eigenvalue weighted by Crippen LogP contribution is -2.30. The highest BCUT2D eigenvalue weighted by atomic mass is 16.5. The molecule has 7 nitrogen and oxygen atoms in total. The van der Waals surface area contributed by atoms with E-state index in [-0.39, 0.29) is 45.8 Å². The Morgan fingerprint density at radius 2 is 1.84 bits per heavy atom. The second-order valence-electron chi connectivity index (χ2n) is 6.12. The Morgan fingerprint density at radius 3 is 2.56 bits per heavy atom. The van der Waals surface area contributed by atoms with Crippen LogP contribution in [0.2, 0.25) is 0 Å². The van der Waals surface area contributed by atoms with E-state index in [1.54, 1.807) is 12.1 Å². The molecule has 0 bridgehead atoms. The van der Waals surface area contributed by atoms with Gasteiger partial charge in [-0.25, -0.2) is 0 Å². The van der Waals surface area contributed by atoms with E-state index in [9.17, 15) is 20.1 Å². The molecule has 1 heterocycles. The summed E-state index contributed by atoms with van der Waals surface area (Å²) in [4.78, 5) is 14.4. The molecular weight excluding hydrogens is 326 g/mol. The average Bonchev–Trinajstić information content (AvgIpc) is 2.51. The first-order chi connectivity index (χ1) is 11.9. The van der Waals surface area contributed by atoms with Crippen LogP contribution in [-0.2, 0) is 0 Å². The topological polar surface area (TPSA) is 103 Å². The van der Waals surface area contributed by atoms with Crippen LogP contribution < -0.4 is 10.2 Å². The average molecular weight is 345 g/mol. The van der Waals surface area contributed by atoms with E-state index >= 15 is 0 Å². The van der Waals surface area contributed by atoms with Gasteiger partial charge in [0.1, 0.15) is 51.9 Å². The Bertz CT molecular complexity index is 979. The van der Waals surface area contributed by atoms with Crippen molar-refractivity contribution in [3.05, 3.63) is 40.6 Å². The maximum atomic E-state index is 12.6. The van der Waals surface area contributed by atoms with Gasteiger partial charge in [-0.05, 0) is 26.2 Å². The molecule has 7 heteroatoms. The summed E-state index contributed by atoms with van der Waals surface area (Å²) in [5.41, 5.74) is -0.173. The minimum atomic E-state index is -0.701. The van der Waals surface area contributed by atoms with Crippen molar-refractivity contribution in [3.8, 4) is 17.2 Å². The second-order valence-corrected chi connectivity index (χ2v) is 6.12. The van der Waals surface area contributed by atoms with Crippen LogP contribution in [0.25, 0.3) is 21.9 Å². The van der Waals surface area contributed by atoms with Crippen molar-refractivity contribution in [2.75, 3.05) is 27.2 Å². The number of aromatic hydroxyl groups is 2. The molecule has 1 atom stereocenters. The summed E-state index contributed by atoms with van der Waals surface area (Å²) >= 11 is 0. The number of benzene rings is 2. The molecule has 0 aliphatic carbocycles. The number of likely N-dealkylation sites (N-methyl/N-ethyl adjacent to an activating group) is 1. The number of phenols is 2. The highest BCUT2D eigenvalue weighted by Gasteiger charge is 2.16. The number of phenolic OH excluding ortho intramolecular Hbond substituents is 2. The molecule has 0 spiro atoms. The Hall–Kier alpha value is -2.77. The Kier molecular flexibility index (Phi) is 4.52. The summed E-state index contributed by atoms with van der Waals surface area (Å²) in [5.74, 6) is -0.251. The van der Waals surface area contributed by atoms with Crippen molar-refractivity contribution in [3.63, 3.8) is 0 Å². The van der Waals surface area contributed by atoms with E-state index in [0.717, 1.165) is 0 Å². The van der Waals surface area contributed by atoms with E-state index in [2.05, 4.69) is 0 Å². The van der Waals surface area contributed by atoms with Crippen LogP contribution in [0.1, 0.15) is 0 Å². The first-order valence-corrected chi connectivity index (χ1v) is 7.74. The van der Waals surface area contributed by atoms with Gasteiger partial charge < -0.3 is 29.4 Å². The molecule has 0 aliphatic heterocycles. The minimum absolute atomic E-state index is 0.0142. The van der Waals surface area contributed by atoms with Gasteiger partial charge in [0.2, 0.25) is 5.43 Å². The molecule has 25 heavy (non-hydrogen) atoms. The standard InChI is InChI=1S/C18H19NO6/c1-19(2)8-10(20)9-24-11-6-13(22)17-15(7-11)25-14-5-3-4-12(21)16(14)18(17)23/h3-7,10,20-22H,8-9H2,1-2H3. The monoisotopic (exact) mass is 345 g/mol. The molecule has 132 valence electrons. The lowest BCUT2D eigenvalue weighted by Gasteiger charge is -2.16. The van der Waals surface area contributed by atoms with Gasteiger partial charge in [-0.1, -0.05) is 6.07 Å². The third-order valence-electron chi connectivity index (χ3n) is 3.75. The number of hydrogen-bond acceptors (Lipinski definition) is 7. The number of ether oxygens (including phenoxy) is 1. The fraction of sp³-hybridized carbons (Fsp3) is 0.278. The van der Waals surface area contributed by atoms with Crippen molar-refractivity contribution in [2.24, 2.45) is 0 Å². The van der Waals surface area contributed by atoms with Crippen LogP contribution in [0.3, 0.4) is 0 Å². The summed E-state index contributed by atoms with van der Waals surface area (Å²) in [5, 5.41) is 29.9. The van der Waals surface area contributed by atoms with E-state index in [0.29, 0.717) is 6.54 Å². The second kappa shape index (κ2) is 6.62. The lowest BCUT2D eigenvalue weighted by atomic mass is 10.1. The smallest absolute Gasteiger partial charge is 0.208 e. The van der Waals surface area contributed by atoms with Crippen LogP contribution in [0.15, 0.2) is 39.5 Å². The molecule has 1 aromatic heterocycles. The molecule has 2 aromatic carbocycles. The summed E-state index contributed by atoms with van der Waals surface area (Å²) in [6, 6.07) is 7.26. The van der Waals surface area contributed by atoms with Crippen molar-refractivity contribution in [1.29, 1.82) is 0 Å². The number of fused-ring (bicyclic) bond motifs is 2. The number of nitrogens with zero attached hydrogens (tertiary/aromatic N) is 1. The lowest BCUT2D eigenvalue weighted by molar-refractivity contribution is 0.0830. The van der Waals surface area contributed by atoms with Crippen molar-refractivity contribution >= 4 is 21.9 Å². The molecule has 3 aromatic rings. The van der Waals surface area contributed by atoms with Gasteiger partial charge in [-0.15, -0.1) is 0 Å². The normalized spacial score (nSPS) is 12.8. The first kappa shape index (κ1) is 17.1. The SMILES string of the molecule is CN(C)CC(O)COc1cc(O)c2c(=O)c3c(O)cccc3oc2c1. The Balaban J connectivity index is 2.02. The van der Waals surface area contributed by atoms with Gasteiger partial charge in [0.25, 0.3) is 0 Å². The van der Waals surface area contributed by atoms with Crippen LogP contribution in [0.4, 0.5) is 0 Å². The molecule has 3 rings (SSSR count). The van der Waals surface area contributed by atoms with Gasteiger partial charge in [0.05, 0.1) is 0 Å². The van der Waals surface area contributed by atoms with E-state index < -0.39 is 11.5 Å².